The first kappa shape index (κ1) is 28.0. The number of esters is 2. The Bertz CT molecular complexity index is 1580. The lowest BCUT2D eigenvalue weighted by atomic mass is 9.76. The lowest BCUT2D eigenvalue weighted by Crippen LogP contribution is -2.24. The topological polar surface area (TPSA) is 71.1 Å². The Balaban J connectivity index is 1.26. The van der Waals surface area contributed by atoms with E-state index in [-0.39, 0.29) is 0 Å². The molecule has 0 saturated carbocycles. The number of methoxy groups -OCH3 is 2. The average Bonchev–Trinajstić information content (AvgIpc) is 3.61. The average molecular weight is 573 g/mol. The van der Waals surface area contributed by atoms with Crippen molar-refractivity contribution in [2.75, 3.05) is 14.2 Å². The molecule has 216 valence electrons. The summed E-state index contributed by atoms with van der Waals surface area (Å²) in [6.07, 6.45) is 9.72. The van der Waals surface area contributed by atoms with E-state index in [4.69, 9.17) is 18.9 Å². The zero-order valence-corrected chi connectivity index (χ0v) is 24.2. The van der Waals surface area contributed by atoms with Crippen LogP contribution in [0, 0.1) is 0 Å². The maximum Gasteiger partial charge on any atom is 0.336 e. The Morgan fingerprint density at radius 2 is 1.02 bits per heavy atom. The van der Waals surface area contributed by atoms with Gasteiger partial charge in [-0.1, -0.05) is 48.5 Å². The fourth-order valence-corrected chi connectivity index (χ4v) is 6.32. The van der Waals surface area contributed by atoms with Gasteiger partial charge in [0.2, 0.25) is 0 Å². The van der Waals surface area contributed by atoms with E-state index in [9.17, 15) is 9.59 Å². The Kier molecular flexibility index (Phi) is 7.84. The van der Waals surface area contributed by atoms with Gasteiger partial charge in [0.25, 0.3) is 0 Å². The van der Waals surface area contributed by atoms with Crippen molar-refractivity contribution >= 4 is 24.1 Å². The summed E-state index contributed by atoms with van der Waals surface area (Å²) in [5, 5.41) is 0. The standard InChI is InChI=1S/C37H32O6/c1-40-29-15-9-25(10-16-29)13-19-33(38)42-31-7-3-5-27-21-23-37(35(27)31)24-22-28-6-4-8-32(36(28)37)43-34(39)20-14-26-11-17-30(41-2)18-12-26/h3-20H,21-24H2,1-2H3/b19-13+,20-14+. The molecular formula is C37H32O6. The van der Waals surface area contributed by atoms with Crippen LogP contribution in [-0.4, -0.2) is 26.2 Å². The summed E-state index contributed by atoms with van der Waals surface area (Å²) in [6.45, 7) is 0. The van der Waals surface area contributed by atoms with Gasteiger partial charge in [-0.3, -0.25) is 0 Å². The Morgan fingerprint density at radius 1 is 0.605 bits per heavy atom. The Hall–Kier alpha value is -5.10. The van der Waals surface area contributed by atoms with Crippen LogP contribution >= 0.6 is 0 Å². The lowest BCUT2D eigenvalue weighted by molar-refractivity contribution is -0.129. The van der Waals surface area contributed by atoms with E-state index in [1.165, 1.54) is 12.2 Å². The van der Waals surface area contributed by atoms with Crippen LogP contribution in [-0.2, 0) is 27.8 Å². The predicted molar refractivity (Wildman–Crippen MR) is 166 cm³/mol. The molecule has 0 atom stereocenters. The van der Waals surface area contributed by atoms with Gasteiger partial charge in [0.15, 0.2) is 0 Å². The smallest absolute Gasteiger partial charge is 0.336 e. The van der Waals surface area contributed by atoms with Crippen LogP contribution in [0.4, 0.5) is 0 Å². The van der Waals surface area contributed by atoms with Crippen molar-refractivity contribution in [2.24, 2.45) is 0 Å². The Morgan fingerprint density at radius 3 is 1.42 bits per heavy atom. The highest BCUT2D eigenvalue weighted by Gasteiger charge is 2.48. The number of carbonyl (C=O) groups is 2. The molecule has 2 aliphatic rings. The summed E-state index contributed by atoms with van der Waals surface area (Å²) in [7, 11) is 3.23. The van der Waals surface area contributed by atoms with E-state index >= 15 is 0 Å². The third kappa shape index (κ3) is 5.69. The van der Waals surface area contributed by atoms with Crippen molar-refractivity contribution in [3.05, 3.63) is 130 Å². The van der Waals surface area contributed by atoms with Gasteiger partial charge in [0.1, 0.15) is 23.0 Å². The van der Waals surface area contributed by atoms with Crippen LogP contribution in [0.5, 0.6) is 23.0 Å². The van der Waals surface area contributed by atoms with Crippen molar-refractivity contribution in [3.63, 3.8) is 0 Å². The molecule has 43 heavy (non-hydrogen) atoms. The molecule has 0 radical (unpaired) electrons. The molecule has 0 aliphatic heterocycles. The van der Waals surface area contributed by atoms with E-state index in [0.717, 1.165) is 70.6 Å². The number of hydrogen-bond acceptors (Lipinski definition) is 6. The summed E-state index contributed by atoms with van der Waals surface area (Å²) in [5.41, 5.74) is 5.65. The highest BCUT2D eigenvalue weighted by Crippen LogP contribution is 2.57. The molecule has 0 fully saturated rings. The van der Waals surface area contributed by atoms with Crippen LogP contribution in [0.1, 0.15) is 46.2 Å². The van der Waals surface area contributed by atoms with Crippen molar-refractivity contribution in [1.82, 2.24) is 0 Å². The van der Waals surface area contributed by atoms with E-state index in [1.807, 2.05) is 72.8 Å². The minimum Gasteiger partial charge on any atom is -0.497 e. The minimum absolute atomic E-state index is 0.405. The SMILES string of the molecule is COc1ccc(/C=C/C(=O)Oc2cccc3c2C2(CC3)CCc3cccc(OC(=O)/C=C/c4ccc(OC)cc4)c32)cc1. The van der Waals surface area contributed by atoms with Crippen LogP contribution < -0.4 is 18.9 Å². The quantitative estimate of drug-likeness (QED) is 0.127. The monoisotopic (exact) mass is 572 g/mol. The number of benzene rings is 4. The highest BCUT2D eigenvalue weighted by atomic mass is 16.5. The largest absolute Gasteiger partial charge is 0.497 e. The second-order valence-corrected chi connectivity index (χ2v) is 10.7. The fourth-order valence-electron chi connectivity index (χ4n) is 6.32. The molecule has 4 aromatic rings. The van der Waals surface area contributed by atoms with Crippen LogP contribution in [0.2, 0.25) is 0 Å². The molecule has 4 aromatic carbocycles. The van der Waals surface area contributed by atoms with Crippen LogP contribution in [0.25, 0.3) is 12.2 Å². The Labute approximate surface area is 251 Å². The van der Waals surface area contributed by atoms with Gasteiger partial charge in [0.05, 0.1) is 14.2 Å². The highest BCUT2D eigenvalue weighted by molar-refractivity contribution is 5.90. The maximum absolute atomic E-state index is 13.0. The fraction of sp³-hybridized carbons (Fsp3) is 0.189. The molecule has 6 heteroatoms. The first-order valence-electron chi connectivity index (χ1n) is 14.3. The van der Waals surface area contributed by atoms with E-state index in [1.54, 1.807) is 26.4 Å². The summed E-state index contributed by atoms with van der Waals surface area (Å²) in [4.78, 5) is 26.0. The van der Waals surface area contributed by atoms with E-state index in [2.05, 4.69) is 12.1 Å². The van der Waals surface area contributed by atoms with Crippen molar-refractivity contribution in [1.29, 1.82) is 0 Å². The van der Waals surface area contributed by atoms with Crippen molar-refractivity contribution in [3.8, 4) is 23.0 Å². The second kappa shape index (κ2) is 12.0. The first-order valence-corrected chi connectivity index (χ1v) is 14.3. The van der Waals surface area contributed by atoms with E-state index < -0.39 is 17.4 Å². The molecule has 1 spiro atoms. The molecule has 0 saturated heterocycles. The number of fused-ring (bicyclic) bond motifs is 4. The number of rotatable bonds is 8. The zero-order chi connectivity index (χ0) is 29.8. The predicted octanol–water partition coefficient (Wildman–Crippen LogP) is 7.12. The number of ether oxygens (including phenoxy) is 4. The molecule has 2 aliphatic carbocycles. The third-order valence-corrected chi connectivity index (χ3v) is 8.30. The van der Waals surface area contributed by atoms with Gasteiger partial charge in [-0.15, -0.1) is 0 Å². The summed E-state index contributed by atoms with van der Waals surface area (Å²) in [5.74, 6) is 1.70. The molecule has 0 unspecified atom stereocenters. The number of hydrogen-bond donors (Lipinski definition) is 0. The van der Waals surface area contributed by atoms with Crippen LogP contribution in [0.15, 0.2) is 97.1 Å². The van der Waals surface area contributed by atoms with Gasteiger partial charge >= 0.3 is 11.9 Å². The lowest BCUT2D eigenvalue weighted by Gasteiger charge is -2.29. The molecule has 0 bridgehead atoms. The van der Waals surface area contributed by atoms with Gasteiger partial charge in [0, 0.05) is 28.7 Å². The van der Waals surface area contributed by atoms with Gasteiger partial charge in [-0.2, -0.15) is 0 Å². The van der Waals surface area contributed by atoms with Gasteiger partial charge in [-0.25, -0.2) is 9.59 Å². The second-order valence-electron chi connectivity index (χ2n) is 10.7. The molecular weight excluding hydrogens is 540 g/mol. The molecule has 0 heterocycles. The number of aryl methyl sites for hydroxylation is 2. The van der Waals surface area contributed by atoms with Gasteiger partial charge < -0.3 is 18.9 Å². The van der Waals surface area contributed by atoms with Crippen molar-refractivity contribution < 1.29 is 28.5 Å². The van der Waals surface area contributed by atoms with E-state index in [0.29, 0.717) is 11.5 Å². The molecule has 0 N–H and O–H groups in total. The molecule has 0 aromatic heterocycles. The van der Waals surface area contributed by atoms with Crippen LogP contribution in [0.3, 0.4) is 0 Å². The summed E-state index contributed by atoms with van der Waals surface area (Å²) in [6, 6.07) is 26.6. The van der Waals surface area contributed by atoms with Crippen molar-refractivity contribution in [2.45, 2.75) is 31.1 Å². The first-order chi connectivity index (χ1) is 21.0. The van der Waals surface area contributed by atoms with Gasteiger partial charge in [-0.05, 0) is 96.5 Å². The zero-order valence-electron chi connectivity index (χ0n) is 24.2. The molecule has 6 rings (SSSR count). The number of carbonyl (C=O) groups excluding carboxylic acids is 2. The maximum atomic E-state index is 13.0. The molecule has 6 nitrogen and oxygen atoms in total. The normalized spacial score (nSPS) is 14.6. The summed E-state index contributed by atoms with van der Waals surface area (Å²) < 4.78 is 22.4. The molecule has 0 amide bonds. The minimum atomic E-state index is -0.451. The summed E-state index contributed by atoms with van der Waals surface area (Å²) >= 11 is 0. The third-order valence-electron chi connectivity index (χ3n) is 8.30.